The van der Waals surface area contributed by atoms with Gasteiger partial charge < -0.3 is 21.3 Å². The fraction of sp³-hybridized carbons (Fsp3) is 0.533. The van der Waals surface area contributed by atoms with Crippen LogP contribution in [0.15, 0.2) is 24.3 Å². The maximum atomic E-state index is 11.9. The van der Waals surface area contributed by atoms with Crippen molar-refractivity contribution in [2.45, 2.75) is 31.7 Å². The fourth-order valence-electron chi connectivity index (χ4n) is 2.31. The maximum Gasteiger partial charge on any atom is 0.237 e. The highest BCUT2D eigenvalue weighted by molar-refractivity contribution is 5.81. The Morgan fingerprint density at radius 3 is 2.55 bits per heavy atom. The standard InChI is InChI=1S/C15H22N2O3/c16-13(9-11-1-3-12(19)4-2-11)14(20)17-10-15(5-6-15)7-8-18/h1-4,13,18-19H,5-10,16H2,(H,17,20)/t13-/m1/s1. The van der Waals surface area contributed by atoms with Gasteiger partial charge in [-0.15, -0.1) is 0 Å². The summed E-state index contributed by atoms with van der Waals surface area (Å²) in [5.74, 6) is 0.0359. The molecular formula is C15H22N2O3. The van der Waals surface area contributed by atoms with E-state index in [1.54, 1.807) is 24.3 Å². The molecule has 1 aromatic rings. The number of amides is 1. The first kappa shape index (κ1) is 14.8. The summed E-state index contributed by atoms with van der Waals surface area (Å²) in [4.78, 5) is 11.9. The molecule has 2 rings (SSSR count). The van der Waals surface area contributed by atoms with Crippen molar-refractivity contribution in [1.82, 2.24) is 5.32 Å². The minimum absolute atomic E-state index is 0.0999. The third kappa shape index (κ3) is 3.95. The summed E-state index contributed by atoms with van der Waals surface area (Å²) < 4.78 is 0. The summed E-state index contributed by atoms with van der Waals surface area (Å²) in [6.07, 6.45) is 3.29. The van der Waals surface area contributed by atoms with Crippen molar-refractivity contribution in [2.75, 3.05) is 13.2 Å². The van der Waals surface area contributed by atoms with E-state index >= 15 is 0 Å². The highest BCUT2D eigenvalue weighted by atomic mass is 16.3. The number of hydrogen-bond donors (Lipinski definition) is 4. The molecule has 0 radical (unpaired) electrons. The molecule has 1 aromatic carbocycles. The van der Waals surface area contributed by atoms with E-state index in [4.69, 9.17) is 10.8 Å². The monoisotopic (exact) mass is 278 g/mol. The predicted molar refractivity (Wildman–Crippen MR) is 76.2 cm³/mol. The summed E-state index contributed by atoms with van der Waals surface area (Å²) in [5, 5.41) is 21.1. The zero-order valence-electron chi connectivity index (χ0n) is 11.5. The van der Waals surface area contributed by atoms with Gasteiger partial charge in [0, 0.05) is 13.2 Å². The van der Waals surface area contributed by atoms with Gasteiger partial charge in [0.15, 0.2) is 0 Å². The Labute approximate surface area is 118 Å². The van der Waals surface area contributed by atoms with Crippen LogP contribution in [0.4, 0.5) is 0 Å². The summed E-state index contributed by atoms with van der Waals surface area (Å²) in [6, 6.07) is 6.10. The molecule has 1 fully saturated rings. The Bertz CT molecular complexity index is 455. The van der Waals surface area contributed by atoms with Crippen LogP contribution < -0.4 is 11.1 Å². The molecule has 5 N–H and O–H groups in total. The number of rotatable bonds is 7. The number of aromatic hydroxyl groups is 1. The van der Waals surface area contributed by atoms with Gasteiger partial charge in [-0.2, -0.15) is 0 Å². The van der Waals surface area contributed by atoms with E-state index in [2.05, 4.69) is 5.32 Å². The first-order valence-electron chi connectivity index (χ1n) is 6.97. The Hall–Kier alpha value is -1.59. The van der Waals surface area contributed by atoms with E-state index in [0.29, 0.717) is 13.0 Å². The lowest BCUT2D eigenvalue weighted by Gasteiger charge is -2.17. The summed E-state index contributed by atoms with van der Waals surface area (Å²) in [7, 11) is 0. The molecular weight excluding hydrogens is 256 g/mol. The number of benzene rings is 1. The van der Waals surface area contributed by atoms with E-state index in [1.165, 1.54) is 0 Å². The molecule has 20 heavy (non-hydrogen) atoms. The Morgan fingerprint density at radius 1 is 1.35 bits per heavy atom. The topological polar surface area (TPSA) is 95.6 Å². The van der Waals surface area contributed by atoms with Crippen molar-refractivity contribution in [1.29, 1.82) is 0 Å². The molecule has 1 amide bonds. The predicted octanol–water partition coefficient (Wildman–Crippen LogP) is 0.541. The van der Waals surface area contributed by atoms with E-state index < -0.39 is 6.04 Å². The number of carbonyl (C=O) groups is 1. The van der Waals surface area contributed by atoms with E-state index in [9.17, 15) is 9.90 Å². The van der Waals surface area contributed by atoms with Gasteiger partial charge in [0.05, 0.1) is 6.04 Å². The number of nitrogens with one attached hydrogen (secondary N) is 1. The highest BCUT2D eigenvalue weighted by Crippen LogP contribution is 2.47. The minimum Gasteiger partial charge on any atom is -0.508 e. The average Bonchev–Trinajstić information content (AvgIpc) is 3.19. The number of phenolic OH excluding ortho intramolecular Hbond substituents is 1. The van der Waals surface area contributed by atoms with Crippen molar-refractivity contribution in [2.24, 2.45) is 11.1 Å². The van der Waals surface area contributed by atoms with E-state index in [0.717, 1.165) is 24.8 Å². The van der Waals surface area contributed by atoms with Gasteiger partial charge in [0.2, 0.25) is 5.91 Å². The fourth-order valence-corrected chi connectivity index (χ4v) is 2.31. The van der Waals surface area contributed by atoms with Crippen LogP contribution in [0.1, 0.15) is 24.8 Å². The van der Waals surface area contributed by atoms with Gasteiger partial charge in [0.1, 0.15) is 5.75 Å². The van der Waals surface area contributed by atoms with Gasteiger partial charge in [0.25, 0.3) is 0 Å². The average molecular weight is 278 g/mol. The zero-order valence-corrected chi connectivity index (χ0v) is 11.5. The van der Waals surface area contributed by atoms with Gasteiger partial charge in [-0.3, -0.25) is 4.79 Å². The smallest absolute Gasteiger partial charge is 0.237 e. The molecule has 1 saturated carbocycles. The number of carbonyl (C=O) groups excluding carboxylic acids is 1. The molecule has 110 valence electrons. The van der Waals surface area contributed by atoms with Crippen LogP contribution in [0.5, 0.6) is 5.75 Å². The van der Waals surface area contributed by atoms with Gasteiger partial charge in [-0.05, 0) is 48.8 Å². The summed E-state index contributed by atoms with van der Waals surface area (Å²) in [6.45, 7) is 0.755. The second-order valence-electron chi connectivity index (χ2n) is 5.67. The molecule has 0 bridgehead atoms. The second-order valence-corrected chi connectivity index (χ2v) is 5.67. The molecule has 0 aliphatic heterocycles. The van der Waals surface area contributed by atoms with Crippen LogP contribution in [0, 0.1) is 5.41 Å². The van der Waals surface area contributed by atoms with Crippen molar-refractivity contribution in [3.05, 3.63) is 29.8 Å². The van der Waals surface area contributed by atoms with Crippen molar-refractivity contribution in [3.8, 4) is 5.75 Å². The number of phenols is 1. The van der Waals surface area contributed by atoms with E-state index in [1.807, 2.05) is 0 Å². The Balaban J connectivity index is 1.78. The minimum atomic E-state index is -0.593. The summed E-state index contributed by atoms with van der Waals surface area (Å²) in [5.41, 5.74) is 6.91. The molecule has 0 aromatic heterocycles. The second kappa shape index (κ2) is 6.24. The molecule has 0 spiro atoms. The van der Waals surface area contributed by atoms with E-state index in [-0.39, 0.29) is 23.7 Å². The highest BCUT2D eigenvalue weighted by Gasteiger charge is 2.42. The van der Waals surface area contributed by atoms with Crippen molar-refractivity contribution < 1.29 is 15.0 Å². The van der Waals surface area contributed by atoms with Gasteiger partial charge in [-0.25, -0.2) is 0 Å². The van der Waals surface area contributed by atoms with Crippen LogP contribution >= 0.6 is 0 Å². The van der Waals surface area contributed by atoms with Gasteiger partial charge in [-0.1, -0.05) is 12.1 Å². The summed E-state index contributed by atoms with van der Waals surface area (Å²) >= 11 is 0. The third-order valence-electron chi connectivity index (χ3n) is 3.97. The first-order chi connectivity index (χ1) is 9.54. The number of aliphatic hydroxyl groups excluding tert-OH is 1. The molecule has 1 atom stereocenters. The molecule has 5 heteroatoms. The number of nitrogens with two attached hydrogens (primary N) is 1. The molecule has 1 aliphatic carbocycles. The number of aliphatic hydroxyl groups is 1. The van der Waals surface area contributed by atoms with Crippen LogP contribution in [0.3, 0.4) is 0 Å². The molecule has 5 nitrogen and oxygen atoms in total. The quantitative estimate of drug-likeness (QED) is 0.585. The maximum absolute atomic E-state index is 11.9. The van der Waals surface area contributed by atoms with Crippen LogP contribution in [-0.2, 0) is 11.2 Å². The van der Waals surface area contributed by atoms with Crippen molar-refractivity contribution >= 4 is 5.91 Å². The Kier molecular flexibility index (Phi) is 4.62. The molecule has 0 heterocycles. The van der Waals surface area contributed by atoms with Crippen molar-refractivity contribution in [3.63, 3.8) is 0 Å². The van der Waals surface area contributed by atoms with Gasteiger partial charge >= 0.3 is 0 Å². The normalized spacial score (nSPS) is 17.5. The SMILES string of the molecule is N[C@H](Cc1ccc(O)cc1)C(=O)NCC1(CCO)CC1. The Morgan fingerprint density at radius 2 is 2.00 bits per heavy atom. The molecule has 0 unspecified atom stereocenters. The zero-order chi connectivity index (χ0) is 14.6. The number of hydrogen-bond acceptors (Lipinski definition) is 4. The third-order valence-corrected chi connectivity index (χ3v) is 3.97. The van der Waals surface area contributed by atoms with Crippen LogP contribution in [-0.4, -0.2) is 35.3 Å². The lowest BCUT2D eigenvalue weighted by atomic mass is 10.0. The lowest BCUT2D eigenvalue weighted by Crippen LogP contribution is -2.44. The first-order valence-corrected chi connectivity index (χ1v) is 6.97. The van der Waals surface area contributed by atoms with Crippen LogP contribution in [0.2, 0.25) is 0 Å². The largest absolute Gasteiger partial charge is 0.508 e. The molecule has 0 saturated heterocycles. The van der Waals surface area contributed by atoms with Crippen LogP contribution in [0.25, 0.3) is 0 Å². The molecule has 1 aliphatic rings. The lowest BCUT2D eigenvalue weighted by molar-refractivity contribution is -0.122.